The van der Waals surface area contributed by atoms with Crippen LogP contribution < -0.4 is 5.32 Å². The van der Waals surface area contributed by atoms with Gasteiger partial charge in [-0.05, 0) is 19.9 Å². The van der Waals surface area contributed by atoms with Crippen molar-refractivity contribution in [1.82, 2.24) is 15.1 Å². The van der Waals surface area contributed by atoms with Crippen LogP contribution in [0.5, 0.6) is 0 Å². The van der Waals surface area contributed by atoms with Gasteiger partial charge in [0.25, 0.3) is 0 Å². The molecule has 0 aliphatic heterocycles. The molecule has 0 saturated heterocycles. The molecule has 1 heterocycles. The van der Waals surface area contributed by atoms with E-state index in [1.54, 1.807) is 4.68 Å². The molecule has 96 valence electrons. The lowest BCUT2D eigenvalue weighted by atomic mass is 9.83. The molecule has 0 bridgehead atoms. The number of nitrogens with one attached hydrogen (secondary N) is 1. The molecule has 17 heavy (non-hydrogen) atoms. The molecule has 0 fully saturated rings. The van der Waals surface area contributed by atoms with E-state index in [2.05, 4.69) is 30.8 Å². The van der Waals surface area contributed by atoms with Crippen LogP contribution in [0.3, 0.4) is 0 Å². The molecule has 1 N–H and O–H groups in total. The van der Waals surface area contributed by atoms with Crippen molar-refractivity contribution in [2.75, 3.05) is 13.1 Å². The molecule has 3 nitrogen and oxygen atoms in total. The lowest BCUT2D eigenvalue weighted by molar-refractivity contribution is 0.395. The quantitative estimate of drug-likeness (QED) is 0.793. The summed E-state index contributed by atoms with van der Waals surface area (Å²) in [4.78, 5) is 0. The van der Waals surface area contributed by atoms with Crippen molar-refractivity contribution in [2.24, 2.45) is 12.5 Å². The zero-order valence-electron chi connectivity index (χ0n) is 11.2. The van der Waals surface area contributed by atoms with Crippen molar-refractivity contribution >= 4 is 11.6 Å². The number of rotatable bonds is 6. The molecule has 1 aromatic heterocycles. The maximum absolute atomic E-state index is 6.26. The minimum Gasteiger partial charge on any atom is -0.316 e. The highest BCUT2D eigenvalue weighted by Crippen LogP contribution is 2.29. The number of nitrogens with zero attached hydrogens (tertiary/aromatic N) is 2. The summed E-state index contributed by atoms with van der Waals surface area (Å²) in [5.41, 5.74) is 2.13. The highest BCUT2D eigenvalue weighted by molar-refractivity contribution is 6.30. The molecule has 1 aromatic rings. The fourth-order valence-corrected chi connectivity index (χ4v) is 2.14. The van der Waals surface area contributed by atoms with Crippen LogP contribution in [-0.2, 0) is 13.5 Å². The molecule has 0 spiro atoms. The van der Waals surface area contributed by atoms with Crippen molar-refractivity contribution in [2.45, 2.75) is 27.2 Å². The van der Waals surface area contributed by atoms with Crippen LogP contribution in [0.4, 0.5) is 0 Å². The van der Waals surface area contributed by atoms with Crippen LogP contribution >= 0.6 is 11.6 Å². The Morgan fingerprint density at radius 1 is 1.59 bits per heavy atom. The standard InChI is InChI=1S/C13H22ClN3/c1-6-13(4,9-15-7-2)8-11-10(3)16-17(5)12(11)14/h6,15H,1,7-9H2,2-5H3. The van der Waals surface area contributed by atoms with Gasteiger partial charge in [0, 0.05) is 24.6 Å². The summed E-state index contributed by atoms with van der Waals surface area (Å²) in [6.45, 7) is 12.1. The van der Waals surface area contributed by atoms with Crippen LogP contribution in [-0.4, -0.2) is 22.9 Å². The van der Waals surface area contributed by atoms with E-state index >= 15 is 0 Å². The van der Waals surface area contributed by atoms with E-state index in [0.717, 1.165) is 35.9 Å². The molecule has 1 rings (SSSR count). The Morgan fingerprint density at radius 3 is 2.65 bits per heavy atom. The Kier molecular flexibility index (Phi) is 4.78. The summed E-state index contributed by atoms with van der Waals surface area (Å²) in [6, 6.07) is 0. The van der Waals surface area contributed by atoms with Crippen LogP contribution in [0.2, 0.25) is 5.15 Å². The van der Waals surface area contributed by atoms with Crippen LogP contribution in [0.1, 0.15) is 25.1 Å². The lowest BCUT2D eigenvalue weighted by Gasteiger charge is -2.26. The van der Waals surface area contributed by atoms with Gasteiger partial charge >= 0.3 is 0 Å². The zero-order valence-corrected chi connectivity index (χ0v) is 11.9. The monoisotopic (exact) mass is 255 g/mol. The molecule has 0 saturated carbocycles. The third-order valence-electron chi connectivity index (χ3n) is 3.12. The van der Waals surface area contributed by atoms with Gasteiger partial charge in [-0.15, -0.1) is 6.58 Å². The maximum atomic E-state index is 6.26. The first kappa shape index (κ1) is 14.3. The Hall–Kier alpha value is -0.800. The molecule has 4 heteroatoms. The number of halogens is 1. The zero-order chi connectivity index (χ0) is 13.1. The second-order valence-corrected chi connectivity index (χ2v) is 5.15. The van der Waals surface area contributed by atoms with Crippen LogP contribution in [0, 0.1) is 12.3 Å². The molecule has 0 amide bonds. The average Bonchev–Trinajstić information content (AvgIpc) is 2.53. The van der Waals surface area contributed by atoms with E-state index in [1.165, 1.54) is 0 Å². The minimum absolute atomic E-state index is 0.00738. The molecule has 0 aromatic carbocycles. The molecule has 1 unspecified atom stereocenters. The predicted molar refractivity (Wildman–Crippen MR) is 73.5 cm³/mol. The molecular formula is C13H22ClN3. The summed E-state index contributed by atoms with van der Waals surface area (Å²) < 4.78 is 1.73. The normalized spacial score (nSPS) is 14.6. The van der Waals surface area contributed by atoms with Crippen molar-refractivity contribution in [1.29, 1.82) is 0 Å². The second-order valence-electron chi connectivity index (χ2n) is 4.79. The van der Waals surface area contributed by atoms with E-state index in [-0.39, 0.29) is 5.41 Å². The van der Waals surface area contributed by atoms with Crippen LogP contribution in [0.25, 0.3) is 0 Å². The predicted octanol–water partition coefficient (Wildman–Crippen LogP) is 2.73. The lowest BCUT2D eigenvalue weighted by Crippen LogP contribution is -2.32. The Balaban J connectivity index is 2.90. The molecule has 0 radical (unpaired) electrons. The number of hydrogen-bond acceptors (Lipinski definition) is 2. The average molecular weight is 256 g/mol. The van der Waals surface area contributed by atoms with E-state index in [0.29, 0.717) is 0 Å². The van der Waals surface area contributed by atoms with Crippen molar-refractivity contribution in [3.05, 3.63) is 29.1 Å². The first-order chi connectivity index (χ1) is 7.93. The number of aryl methyl sites for hydroxylation is 2. The van der Waals surface area contributed by atoms with E-state index in [1.807, 2.05) is 20.0 Å². The summed E-state index contributed by atoms with van der Waals surface area (Å²) >= 11 is 6.26. The van der Waals surface area contributed by atoms with Gasteiger partial charge < -0.3 is 5.32 Å². The van der Waals surface area contributed by atoms with Gasteiger partial charge in [-0.3, -0.25) is 4.68 Å². The Labute approximate surface area is 109 Å². The summed E-state index contributed by atoms with van der Waals surface area (Å²) in [5, 5.41) is 8.43. The third kappa shape index (κ3) is 3.33. The van der Waals surface area contributed by atoms with Gasteiger partial charge in [-0.2, -0.15) is 5.10 Å². The van der Waals surface area contributed by atoms with Crippen LogP contribution in [0.15, 0.2) is 12.7 Å². The van der Waals surface area contributed by atoms with Gasteiger partial charge in [-0.25, -0.2) is 0 Å². The first-order valence-corrected chi connectivity index (χ1v) is 6.33. The topological polar surface area (TPSA) is 29.9 Å². The highest BCUT2D eigenvalue weighted by Gasteiger charge is 2.24. The van der Waals surface area contributed by atoms with E-state index in [4.69, 9.17) is 11.6 Å². The van der Waals surface area contributed by atoms with Gasteiger partial charge in [-0.1, -0.05) is 31.5 Å². The molecule has 0 aliphatic rings. The molecular weight excluding hydrogens is 234 g/mol. The Bertz CT molecular complexity index is 398. The largest absolute Gasteiger partial charge is 0.316 e. The van der Waals surface area contributed by atoms with Crippen molar-refractivity contribution in [3.63, 3.8) is 0 Å². The Morgan fingerprint density at radius 2 is 2.24 bits per heavy atom. The van der Waals surface area contributed by atoms with E-state index < -0.39 is 0 Å². The van der Waals surface area contributed by atoms with Gasteiger partial charge in [0.2, 0.25) is 0 Å². The smallest absolute Gasteiger partial charge is 0.130 e. The van der Waals surface area contributed by atoms with Crippen molar-refractivity contribution < 1.29 is 0 Å². The fourth-order valence-electron chi connectivity index (χ4n) is 1.90. The maximum Gasteiger partial charge on any atom is 0.130 e. The SMILES string of the molecule is C=CC(C)(CNCC)Cc1c(C)nn(C)c1Cl. The summed E-state index contributed by atoms with van der Waals surface area (Å²) in [5.74, 6) is 0. The highest BCUT2D eigenvalue weighted by atomic mass is 35.5. The molecule has 1 atom stereocenters. The van der Waals surface area contributed by atoms with E-state index in [9.17, 15) is 0 Å². The van der Waals surface area contributed by atoms with Gasteiger partial charge in [0.1, 0.15) is 5.15 Å². The number of hydrogen-bond donors (Lipinski definition) is 1. The number of aromatic nitrogens is 2. The van der Waals surface area contributed by atoms with Crippen molar-refractivity contribution in [3.8, 4) is 0 Å². The minimum atomic E-state index is 0.00738. The third-order valence-corrected chi connectivity index (χ3v) is 3.59. The molecule has 0 aliphatic carbocycles. The first-order valence-electron chi connectivity index (χ1n) is 5.96. The summed E-state index contributed by atoms with van der Waals surface area (Å²) in [6.07, 6.45) is 2.86. The van der Waals surface area contributed by atoms with Gasteiger partial charge in [0.15, 0.2) is 0 Å². The second kappa shape index (κ2) is 5.69. The summed E-state index contributed by atoms with van der Waals surface area (Å²) in [7, 11) is 1.87. The van der Waals surface area contributed by atoms with Gasteiger partial charge in [0.05, 0.1) is 5.69 Å². The fraction of sp³-hybridized carbons (Fsp3) is 0.615.